The van der Waals surface area contributed by atoms with E-state index in [1.54, 1.807) is 11.8 Å². The van der Waals surface area contributed by atoms with E-state index in [4.69, 9.17) is 0 Å². The fourth-order valence-corrected chi connectivity index (χ4v) is 7.02. The summed E-state index contributed by atoms with van der Waals surface area (Å²) >= 11 is 0. The summed E-state index contributed by atoms with van der Waals surface area (Å²) in [4.78, 5) is 46.0. The Bertz CT molecular complexity index is 729. The maximum absolute atomic E-state index is 13.0. The summed E-state index contributed by atoms with van der Waals surface area (Å²) in [6.45, 7) is 5.97. The predicted molar refractivity (Wildman–Crippen MR) is 121 cm³/mol. The van der Waals surface area contributed by atoms with Crippen molar-refractivity contribution in [3.8, 4) is 0 Å². The molecule has 0 spiro atoms. The van der Waals surface area contributed by atoms with Gasteiger partial charge in [0.2, 0.25) is 11.8 Å². The molecule has 0 unspecified atom stereocenters. The van der Waals surface area contributed by atoms with Crippen molar-refractivity contribution in [1.82, 2.24) is 24.9 Å². The first-order valence-corrected chi connectivity index (χ1v) is 12.9. The minimum Gasteiger partial charge on any atom is -0.341 e. The third-order valence-corrected chi connectivity index (χ3v) is 8.76. The second kappa shape index (κ2) is 9.20. The van der Waals surface area contributed by atoms with Crippen molar-refractivity contribution in [2.45, 2.75) is 101 Å². The van der Waals surface area contributed by atoms with Gasteiger partial charge in [0, 0.05) is 51.7 Å². The molecule has 5 aliphatic rings. The van der Waals surface area contributed by atoms with Crippen molar-refractivity contribution in [1.29, 1.82) is 0 Å². The SMILES string of the molecule is CC(=O)N1CCC[C@@H]1C(=O)N1CCC(N2CCC(N3C(=O)N[C@H]4CCCC[C@@H]43)CC2)CC1. The summed E-state index contributed by atoms with van der Waals surface area (Å²) < 4.78 is 0. The Morgan fingerprint density at radius 1 is 0.812 bits per heavy atom. The lowest BCUT2D eigenvalue weighted by atomic mass is 9.89. The molecule has 1 N–H and O–H groups in total. The first kappa shape index (κ1) is 22.0. The Morgan fingerprint density at radius 3 is 2.22 bits per heavy atom. The van der Waals surface area contributed by atoms with E-state index in [1.165, 1.54) is 12.8 Å². The molecule has 3 atom stereocenters. The quantitative estimate of drug-likeness (QED) is 0.719. The summed E-state index contributed by atoms with van der Waals surface area (Å²) in [6.07, 6.45) is 10.6. The van der Waals surface area contributed by atoms with Crippen LogP contribution in [0.3, 0.4) is 0 Å². The molecule has 0 radical (unpaired) electrons. The molecule has 0 bridgehead atoms. The third kappa shape index (κ3) is 4.11. The van der Waals surface area contributed by atoms with Crippen LogP contribution in [0.2, 0.25) is 0 Å². The van der Waals surface area contributed by atoms with Crippen LogP contribution in [0.25, 0.3) is 0 Å². The first-order chi connectivity index (χ1) is 15.5. The van der Waals surface area contributed by atoms with Crippen LogP contribution in [-0.2, 0) is 9.59 Å². The highest BCUT2D eigenvalue weighted by molar-refractivity contribution is 5.87. The standard InChI is InChI=1S/C24H39N5O3/c1-17(30)28-12-4-7-22(28)23(31)27-15-8-18(9-16-27)26-13-10-19(11-14-26)29-21-6-3-2-5-20(21)25-24(29)32/h18-22H,2-16H2,1H3,(H,25,32)/t20-,21-,22+/m0/s1. The van der Waals surface area contributed by atoms with Crippen LogP contribution in [0, 0.1) is 0 Å². The molecule has 1 saturated carbocycles. The van der Waals surface area contributed by atoms with Gasteiger partial charge < -0.3 is 24.9 Å². The van der Waals surface area contributed by atoms with E-state index in [2.05, 4.69) is 15.1 Å². The molecule has 8 nitrogen and oxygen atoms in total. The average Bonchev–Trinajstić information content (AvgIpc) is 3.43. The van der Waals surface area contributed by atoms with E-state index in [-0.39, 0.29) is 23.9 Å². The van der Waals surface area contributed by atoms with Gasteiger partial charge in [-0.3, -0.25) is 9.59 Å². The summed E-state index contributed by atoms with van der Waals surface area (Å²) in [6, 6.07) is 1.61. The second-order valence-electron chi connectivity index (χ2n) is 10.5. The van der Waals surface area contributed by atoms with Crippen molar-refractivity contribution in [2.24, 2.45) is 0 Å². The number of fused-ring (bicyclic) bond motifs is 1. The van der Waals surface area contributed by atoms with Crippen LogP contribution >= 0.6 is 0 Å². The van der Waals surface area contributed by atoms with Crippen LogP contribution in [-0.4, -0.2) is 100 Å². The number of carbonyl (C=O) groups is 3. The number of urea groups is 1. The summed E-state index contributed by atoms with van der Waals surface area (Å²) in [5.74, 6) is 0.168. The van der Waals surface area contributed by atoms with Crippen molar-refractivity contribution in [3.05, 3.63) is 0 Å². The molecule has 0 aromatic carbocycles. The van der Waals surface area contributed by atoms with Crippen LogP contribution in [0.15, 0.2) is 0 Å². The number of piperidine rings is 2. The van der Waals surface area contributed by atoms with Crippen LogP contribution < -0.4 is 5.32 Å². The summed E-state index contributed by atoms with van der Waals surface area (Å²) in [5, 5.41) is 3.24. The molecule has 8 heteroatoms. The van der Waals surface area contributed by atoms with E-state index in [9.17, 15) is 14.4 Å². The lowest BCUT2D eigenvalue weighted by Crippen LogP contribution is -2.55. The maximum atomic E-state index is 13.0. The first-order valence-electron chi connectivity index (χ1n) is 12.9. The highest BCUT2D eigenvalue weighted by Crippen LogP contribution is 2.33. The van der Waals surface area contributed by atoms with E-state index in [0.29, 0.717) is 30.7 Å². The molecule has 0 aromatic heterocycles. The zero-order valence-electron chi connectivity index (χ0n) is 19.5. The Balaban J connectivity index is 1.10. The monoisotopic (exact) mass is 445 g/mol. The van der Waals surface area contributed by atoms with E-state index < -0.39 is 0 Å². The molecule has 0 aromatic rings. The Hall–Kier alpha value is -1.83. The van der Waals surface area contributed by atoms with Gasteiger partial charge in [-0.15, -0.1) is 0 Å². The van der Waals surface area contributed by atoms with Crippen molar-refractivity contribution < 1.29 is 14.4 Å². The highest BCUT2D eigenvalue weighted by Gasteiger charge is 2.45. The lowest BCUT2D eigenvalue weighted by molar-refractivity contribution is -0.144. The van der Waals surface area contributed by atoms with E-state index in [0.717, 1.165) is 77.5 Å². The number of amides is 4. The summed E-state index contributed by atoms with van der Waals surface area (Å²) in [5.41, 5.74) is 0. The molecule has 4 saturated heterocycles. The number of likely N-dealkylation sites (tertiary alicyclic amines) is 3. The minimum atomic E-state index is -0.241. The Kier molecular flexibility index (Phi) is 6.32. The molecule has 5 rings (SSSR count). The average molecular weight is 446 g/mol. The normalized spacial score (nSPS) is 32.8. The highest BCUT2D eigenvalue weighted by atomic mass is 16.2. The molecule has 32 heavy (non-hydrogen) atoms. The molecular weight excluding hydrogens is 406 g/mol. The lowest BCUT2D eigenvalue weighted by Gasteiger charge is -2.45. The van der Waals surface area contributed by atoms with Gasteiger partial charge >= 0.3 is 6.03 Å². The number of hydrogen-bond acceptors (Lipinski definition) is 4. The van der Waals surface area contributed by atoms with Gasteiger partial charge in [-0.1, -0.05) is 12.8 Å². The zero-order valence-corrected chi connectivity index (χ0v) is 19.5. The van der Waals surface area contributed by atoms with Crippen molar-refractivity contribution in [2.75, 3.05) is 32.7 Å². The smallest absolute Gasteiger partial charge is 0.318 e. The molecule has 178 valence electrons. The van der Waals surface area contributed by atoms with Gasteiger partial charge in [0.1, 0.15) is 6.04 Å². The van der Waals surface area contributed by atoms with Gasteiger partial charge in [-0.2, -0.15) is 0 Å². The van der Waals surface area contributed by atoms with E-state index in [1.807, 2.05) is 4.90 Å². The number of nitrogens with one attached hydrogen (secondary N) is 1. The van der Waals surface area contributed by atoms with Gasteiger partial charge in [-0.25, -0.2) is 4.79 Å². The fourth-order valence-electron chi connectivity index (χ4n) is 7.02. The van der Waals surface area contributed by atoms with Crippen LogP contribution in [0.4, 0.5) is 4.79 Å². The Labute approximate surface area is 191 Å². The van der Waals surface area contributed by atoms with Gasteiger partial charge in [0.25, 0.3) is 0 Å². The number of carbonyl (C=O) groups excluding carboxylic acids is 3. The largest absolute Gasteiger partial charge is 0.341 e. The molecule has 1 aliphatic carbocycles. The fraction of sp³-hybridized carbons (Fsp3) is 0.875. The van der Waals surface area contributed by atoms with Crippen molar-refractivity contribution in [3.63, 3.8) is 0 Å². The van der Waals surface area contributed by atoms with Gasteiger partial charge in [0.05, 0.1) is 12.1 Å². The number of hydrogen-bond donors (Lipinski definition) is 1. The second-order valence-corrected chi connectivity index (χ2v) is 10.5. The predicted octanol–water partition coefficient (Wildman–Crippen LogP) is 1.79. The number of nitrogens with zero attached hydrogens (tertiary/aromatic N) is 4. The molecule has 4 heterocycles. The Morgan fingerprint density at radius 2 is 1.50 bits per heavy atom. The zero-order chi connectivity index (χ0) is 22.2. The summed E-state index contributed by atoms with van der Waals surface area (Å²) in [7, 11) is 0. The topological polar surface area (TPSA) is 76.2 Å². The number of rotatable bonds is 3. The van der Waals surface area contributed by atoms with Crippen molar-refractivity contribution >= 4 is 17.8 Å². The molecule has 4 aliphatic heterocycles. The maximum Gasteiger partial charge on any atom is 0.318 e. The van der Waals surface area contributed by atoms with E-state index >= 15 is 0 Å². The van der Waals surface area contributed by atoms with Gasteiger partial charge in [-0.05, 0) is 51.4 Å². The minimum absolute atomic E-state index is 0.0184. The third-order valence-electron chi connectivity index (χ3n) is 8.76. The molecule has 5 fully saturated rings. The van der Waals surface area contributed by atoms with Crippen LogP contribution in [0.5, 0.6) is 0 Å². The van der Waals surface area contributed by atoms with Crippen LogP contribution in [0.1, 0.15) is 71.1 Å². The van der Waals surface area contributed by atoms with Gasteiger partial charge in [0.15, 0.2) is 0 Å². The molecule has 4 amide bonds. The molecular formula is C24H39N5O3.